The van der Waals surface area contributed by atoms with Gasteiger partial charge in [0.05, 0.1) is 5.69 Å². The average molecular weight is 259 g/mol. The Balaban J connectivity index is 2.10. The molecule has 5 nitrogen and oxygen atoms in total. The number of piperazine rings is 1. The van der Waals surface area contributed by atoms with Gasteiger partial charge in [-0.3, -0.25) is 0 Å². The number of nitrogens with zero attached hydrogens (tertiary/aromatic N) is 4. The summed E-state index contributed by atoms with van der Waals surface area (Å²) in [5.74, 6) is 1.59. The Hall–Kier alpha value is -1.62. The monoisotopic (exact) mass is 259 g/mol. The predicted octanol–water partition coefficient (Wildman–Crippen LogP) is 1.57. The molecule has 0 radical (unpaired) electrons. The van der Waals surface area contributed by atoms with E-state index in [9.17, 15) is 0 Å². The Morgan fingerprint density at radius 3 is 2.63 bits per heavy atom. The third-order valence-electron chi connectivity index (χ3n) is 3.59. The van der Waals surface area contributed by atoms with Gasteiger partial charge in [-0.05, 0) is 12.8 Å². The first-order valence-electron chi connectivity index (χ1n) is 6.98. The number of aryl methyl sites for hydroxylation is 1. The molecule has 3 heterocycles. The summed E-state index contributed by atoms with van der Waals surface area (Å²) < 4.78 is 1.99. The molecule has 0 aromatic carbocycles. The van der Waals surface area contributed by atoms with Crippen molar-refractivity contribution in [3.8, 4) is 0 Å². The Labute approximate surface area is 113 Å². The van der Waals surface area contributed by atoms with Crippen LogP contribution in [-0.4, -0.2) is 40.8 Å². The van der Waals surface area contributed by atoms with Crippen LogP contribution >= 0.6 is 0 Å². The van der Waals surface area contributed by atoms with Crippen LogP contribution in [0, 0.1) is 6.92 Å². The molecule has 0 atom stereocenters. The smallest absolute Gasteiger partial charge is 0.157 e. The number of hydrogen-bond donors (Lipinski definition) is 1. The molecular weight excluding hydrogens is 238 g/mol. The van der Waals surface area contributed by atoms with Gasteiger partial charge in [-0.1, -0.05) is 13.8 Å². The fraction of sp³-hybridized carbons (Fsp3) is 0.571. The van der Waals surface area contributed by atoms with E-state index in [1.165, 1.54) is 0 Å². The van der Waals surface area contributed by atoms with E-state index >= 15 is 0 Å². The first-order chi connectivity index (χ1) is 9.15. The van der Waals surface area contributed by atoms with E-state index in [-0.39, 0.29) is 0 Å². The van der Waals surface area contributed by atoms with Gasteiger partial charge in [0.15, 0.2) is 5.65 Å². The second-order valence-corrected chi connectivity index (χ2v) is 5.49. The first-order valence-corrected chi connectivity index (χ1v) is 6.98. The largest absolute Gasteiger partial charge is 0.354 e. The summed E-state index contributed by atoms with van der Waals surface area (Å²) in [4.78, 5) is 6.98. The van der Waals surface area contributed by atoms with Crippen LogP contribution in [0.2, 0.25) is 0 Å². The van der Waals surface area contributed by atoms with E-state index in [1.54, 1.807) is 0 Å². The number of rotatable bonds is 2. The predicted molar refractivity (Wildman–Crippen MR) is 76.9 cm³/mol. The number of anilines is 1. The molecule has 1 saturated heterocycles. The minimum Gasteiger partial charge on any atom is -0.354 e. The highest BCUT2D eigenvalue weighted by Crippen LogP contribution is 2.21. The van der Waals surface area contributed by atoms with Gasteiger partial charge in [0.2, 0.25) is 0 Å². The summed E-state index contributed by atoms with van der Waals surface area (Å²) in [5.41, 5.74) is 3.11. The molecule has 1 N–H and O–H groups in total. The summed E-state index contributed by atoms with van der Waals surface area (Å²) in [7, 11) is 0. The van der Waals surface area contributed by atoms with E-state index < -0.39 is 0 Å². The van der Waals surface area contributed by atoms with Crippen molar-refractivity contribution in [2.24, 2.45) is 0 Å². The van der Waals surface area contributed by atoms with Gasteiger partial charge in [0.25, 0.3) is 0 Å². The molecule has 0 unspecified atom stereocenters. The fourth-order valence-corrected chi connectivity index (χ4v) is 2.50. The molecule has 1 aliphatic heterocycles. The van der Waals surface area contributed by atoms with Crippen LogP contribution in [0.15, 0.2) is 12.1 Å². The lowest BCUT2D eigenvalue weighted by atomic mass is 10.1. The van der Waals surface area contributed by atoms with Crippen molar-refractivity contribution in [3.63, 3.8) is 0 Å². The van der Waals surface area contributed by atoms with Crippen molar-refractivity contribution in [1.82, 2.24) is 19.9 Å². The van der Waals surface area contributed by atoms with Gasteiger partial charge < -0.3 is 10.2 Å². The second kappa shape index (κ2) is 4.81. The molecule has 0 saturated carbocycles. The van der Waals surface area contributed by atoms with Gasteiger partial charge in [-0.2, -0.15) is 9.61 Å². The van der Waals surface area contributed by atoms with Crippen molar-refractivity contribution in [3.05, 3.63) is 23.5 Å². The topological polar surface area (TPSA) is 45.5 Å². The van der Waals surface area contributed by atoms with Crippen molar-refractivity contribution >= 4 is 11.5 Å². The van der Waals surface area contributed by atoms with Crippen molar-refractivity contribution in [2.75, 3.05) is 31.1 Å². The lowest BCUT2D eigenvalue weighted by molar-refractivity contribution is 0.578. The zero-order valence-corrected chi connectivity index (χ0v) is 11.8. The highest BCUT2D eigenvalue weighted by Gasteiger charge is 2.17. The normalized spacial score (nSPS) is 16.5. The molecule has 0 aliphatic carbocycles. The Morgan fingerprint density at radius 1 is 1.21 bits per heavy atom. The molecular formula is C14H21N5. The second-order valence-electron chi connectivity index (χ2n) is 5.49. The fourth-order valence-electron chi connectivity index (χ4n) is 2.50. The van der Waals surface area contributed by atoms with Crippen molar-refractivity contribution < 1.29 is 0 Å². The average Bonchev–Trinajstić information content (AvgIpc) is 2.82. The Bertz CT molecular complexity index is 581. The highest BCUT2D eigenvalue weighted by atomic mass is 15.4. The van der Waals surface area contributed by atoms with Crippen LogP contribution < -0.4 is 10.2 Å². The molecule has 1 aliphatic rings. The zero-order chi connectivity index (χ0) is 13.4. The highest BCUT2D eigenvalue weighted by molar-refractivity contribution is 5.52. The molecule has 3 rings (SSSR count). The van der Waals surface area contributed by atoms with E-state index in [2.05, 4.69) is 41.2 Å². The van der Waals surface area contributed by atoms with Crippen LogP contribution in [0.3, 0.4) is 0 Å². The van der Waals surface area contributed by atoms with Gasteiger partial charge in [0.1, 0.15) is 5.82 Å². The zero-order valence-electron chi connectivity index (χ0n) is 11.8. The standard InChI is InChI=1S/C14H21N5/c1-10(2)12-9-13-16-11(3)8-14(19(13)17-12)18-6-4-15-5-7-18/h8-10,15H,4-7H2,1-3H3. The number of hydrogen-bond acceptors (Lipinski definition) is 4. The van der Waals surface area contributed by atoms with Crippen LogP contribution in [0.1, 0.15) is 31.2 Å². The first kappa shape index (κ1) is 12.4. The quantitative estimate of drug-likeness (QED) is 0.889. The molecule has 102 valence electrons. The molecule has 2 aromatic heterocycles. The summed E-state index contributed by atoms with van der Waals surface area (Å²) in [6, 6.07) is 4.23. The number of nitrogens with one attached hydrogen (secondary N) is 1. The maximum atomic E-state index is 4.72. The molecule has 19 heavy (non-hydrogen) atoms. The molecule has 0 amide bonds. The summed E-state index contributed by atoms with van der Waals surface area (Å²) in [5, 5.41) is 8.10. The lowest BCUT2D eigenvalue weighted by Gasteiger charge is -2.29. The number of aromatic nitrogens is 3. The van der Waals surface area contributed by atoms with E-state index in [0.29, 0.717) is 5.92 Å². The Kier molecular flexibility index (Phi) is 3.14. The summed E-state index contributed by atoms with van der Waals surface area (Å²) in [6.45, 7) is 10.5. The molecule has 5 heteroatoms. The molecule has 2 aromatic rings. The van der Waals surface area contributed by atoms with E-state index in [4.69, 9.17) is 5.10 Å². The maximum Gasteiger partial charge on any atom is 0.157 e. The summed E-state index contributed by atoms with van der Waals surface area (Å²) >= 11 is 0. The van der Waals surface area contributed by atoms with Crippen molar-refractivity contribution in [1.29, 1.82) is 0 Å². The van der Waals surface area contributed by atoms with Crippen molar-refractivity contribution in [2.45, 2.75) is 26.7 Å². The van der Waals surface area contributed by atoms with Crippen LogP contribution in [0.5, 0.6) is 0 Å². The van der Waals surface area contributed by atoms with Crippen LogP contribution in [-0.2, 0) is 0 Å². The van der Waals surface area contributed by atoms with Gasteiger partial charge >= 0.3 is 0 Å². The summed E-state index contributed by atoms with van der Waals surface area (Å²) in [6.07, 6.45) is 0. The van der Waals surface area contributed by atoms with E-state index in [0.717, 1.165) is 49.0 Å². The molecule has 0 spiro atoms. The third-order valence-corrected chi connectivity index (χ3v) is 3.59. The minimum atomic E-state index is 0.429. The van der Waals surface area contributed by atoms with Crippen LogP contribution in [0.4, 0.5) is 5.82 Å². The minimum absolute atomic E-state index is 0.429. The van der Waals surface area contributed by atoms with Crippen LogP contribution in [0.25, 0.3) is 5.65 Å². The SMILES string of the molecule is Cc1cc(N2CCNCC2)n2nc(C(C)C)cc2n1. The molecule has 1 fully saturated rings. The van der Waals surface area contributed by atoms with E-state index in [1.807, 2.05) is 11.4 Å². The van der Waals surface area contributed by atoms with Gasteiger partial charge in [-0.25, -0.2) is 4.98 Å². The number of fused-ring (bicyclic) bond motifs is 1. The molecule has 0 bridgehead atoms. The third kappa shape index (κ3) is 2.30. The maximum absolute atomic E-state index is 4.72. The van der Waals surface area contributed by atoms with Gasteiger partial charge in [0, 0.05) is 44.0 Å². The van der Waals surface area contributed by atoms with Gasteiger partial charge in [-0.15, -0.1) is 0 Å². The Morgan fingerprint density at radius 2 is 1.95 bits per heavy atom. The lowest BCUT2D eigenvalue weighted by Crippen LogP contribution is -2.44.